The van der Waals surface area contributed by atoms with E-state index in [2.05, 4.69) is 4.98 Å². The fourth-order valence-corrected chi connectivity index (χ4v) is 2.46. The van der Waals surface area contributed by atoms with Crippen molar-refractivity contribution in [2.75, 3.05) is 0 Å². The largest absolute Gasteiger partial charge is 0.368 e. The number of fused-ring (bicyclic) bond motifs is 1. The monoisotopic (exact) mass is 310 g/mol. The summed E-state index contributed by atoms with van der Waals surface area (Å²) in [5.74, 6) is -0.665. The minimum absolute atomic E-state index is 0.101. The molecule has 0 aliphatic carbocycles. The Kier molecular flexibility index (Phi) is 3.76. The Hall–Kier alpha value is -3.22. The van der Waals surface area contributed by atoms with Gasteiger partial charge in [-0.05, 0) is 17.7 Å². The molecule has 0 radical (unpaired) electrons. The van der Waals surface area contributed by atoms with E-state index >= 15 is 0 Å². The predicted octanol–water partition coefficient (Wildman–Crippen LogP) is 0.0918. The number of pyridine rings is 1. The van der Waals surface area contributed by atoms with Gasteiger partial charge in [-0.25, -0.2) is 9.78 Å². The highest BCUT2D eigenvalue weighted by Gasteiger charge is 2.15. The molecule has 2 N–H and O–H groups in total. The molecule has 3 aromatic rings. The van der Waals surface area contributed by atoms with Gasteiger partial charge in [-0.15, -0.1) is 0 Å². The fourth-order valence-electron chi connectivity index (χ4n) is 2.46. The standard InChI is InChI=1S/C16H14N4O3/c17-13(21)10-19-12-7-4-8-18-14(12)15(22)20(16(19)23)9-11-5-2-1-3-6-11/h1-8H,9-10H2,(H2,17,21). The van der Waals surface area contributed by atoms with Crippen LogP contribution in [0.15, 0.2) is 58.3 Å². The maximum Gasteiger partial charge on any atom is 0.332 e. The van der Waals surface area contributed by atoms with E-state index in [0.717, 1.165) is 10.1 Å². The van der Waals surface area contributed by atoms with Crippen LogP contribution in [0.4, 0.5) is 0 Å². The summed E-state index contributed by atoms with van der Waals surface area (Å²) in [6.45, 7) is -0.208. The van der Waals surface area contributed by atoms with Crippen LogP contribution in [0.1, 0.15) is 5.56 Å². The van der Waals surface area contributed by atoms with Crippen molar-refractivity contribution >= 4 is 16.9 Å². The molecule has 7 nitrogen and oxygen atoms in total. The zero-order chi connectivity index (χ0) is 16.4. The van der Waals surface area contributed by atoms with Gasteiger partial charge in [0.05, 0.1) is 12.1 Å². The minimum atomic E-state index is -0.665. The Morgan fingerprint density at radius 2 is 1.78 bits per heavy atom. The Morgan fingerprint density at radius 3 is 2.48 bits per heavy atom. The first-order valence-corrected chi connectivity index (χ1v) is 6.98. The van der Waals surface area contributed by atoms with E-state index in [4.69, 9.17) is 5.73 Å². The maximum absolute atomic E-state index is 12.6. The molecule has 116 valence electrons. The van der Waals surface area contributed by atoms with E-state index < -0.39 is 17.2 Å². The number of nitrogens with two attached hydrogens (primary N) is 1. The molecule has 0 aliphatic rings. The Balaban J connectivity index is 2.27. The summed E-state index contributed by atoms with van der Waals surface area (Å²) in [5.41, 5.74) is 5.37. The molecule has 1 aromatic carbocycles. The number of hydrogen-bond donors (Lipinski definition) is 1. The first-order chi connectivity index (χ1) is 11.1. The summed E-state index contributed by atoms with van der Waals surface area (Å²) in [4.78, 5) is 40.5. The van der Waals surface area contributed by atoms with Gasteiger partial charge in [-0.2, -0.15) is 0 Å². The number of carbonyl (C=O) groups excluding carboxylic acids is 1. The van der Waals surface area contributed by atoms with Gasteiger partial charge in [-0.1, -0.05) is 30.3 Å². The quantitative estimate of drug-likeness (QED) is 0.738. The van der Waals surface area contributed by atoms with E-state index in [1.807, 2.05) is 30.3 Å². The summed E-state index contributed by atoms with van der Waals surface area (Å²) >= 11 is 0. The van der Waals surface area contributed by atoms with Crippen LogP contribution in [0, 0.1) is 0 Å². The number of nitrogens with zero attached hydrogens (tertiary/aromatic N) is 3. The number of rotatable bonds is 4. The van der Waals surface area contributed by atoms with Crippen LogP contribution >= 0.6 is 0 Å². The SMILES string of the molecule is NC(=O)Cn1c(=O)n(Cc2ccccc2)c(=O)c2ncccc21. The van der Waals surface area contributed by atoms with Crippen molar-refractivity contribution in [3.63, 3.8) is 0 Å². The lowest BCUT2D eigenvalue weighted by Gasteiger charge is -2.12. The van der Waals surface area contributed by atoms with Crippen molar-refractivity contribution in [3.05, 3.63) is 75.1 Å². The van der Waals surface area contributed by atoms with E-state index in [-0.39, 0.29) is 18.6 Å². The first kappa shape index (κ1) is 14.7. The van der Waals surface area contributed by atoms with E-state index in [1.165, 1.54) is 10.8 Å². The Bertz CT molecular complexity index is 990. The molecule has 0 atom stereocenters. The third kappa shape index (κ3) is 2.76. The zero-order valence-electron chi connectivity index (χ0n) is 12.2. The number of amides is 1. The second kappa shape index (κ2) is 5.88. The second-order valence-corrected chi connectivity index (χ2v) is 5.08. The van der Waals surface area contributed by atoms with Crippen molar-refractivity contribution in [1.29, 1.82) is 0 Å². The third-order valence-electron chi connectivity index (χ3n) is 3.48. The number of hydrogen-bond acceptors (Lipinski definition) is 4. The molecular weight excluding hydrogens is 296 g/mol. The van der Waals surface area contributed by atoms with E-state index in [0.29, 0.717) is 5.52 Å². The van der Waals surface area contributed by atoms with Crippen molar-refractivity contribution in [2.45, 2.75) is 13.1 Å². The van der Waals surface area contributed by atoms with Gasteiger partial charge in [0.25, 0.3) is 5.56 Å². The summed E-state index contributed by atoms with van der Waals surface area (Å²) in [6.07, 6.45) is 1.47. The third-order valence-corrected chi connectivity index (χ3v) is 3.48. The van der Waals surface area contributed by atoms with E-state index in [1.54, 1.807) is 12.1 Å². The average Bonchev–Trinajstić information content (AvgIpc) is 2.56. The van der Waals surface area contributed by atoms with Gasteiger partial charge < -0.3 is 5.73 Å². The highest BCUT2D eigenvalue weighted by Crippen LogP contribution is 2.05. The molecule has 0 aliphatic heterocycles. The Labute approximate surface area is 130 Å². The maximum atomic E-state index is 12.6. The van der Waals surface area contributed by atoms with Gasteiger partial charge in [0, 0.05) is 6.20 Å². The number of primary amides is 1. The molecule has 2 heterocycles. The van der Waals surface area contributed by atoms with Crippen LogP contribution in [-0.2, 0) is 17.9 Å². The molecule has 0 unspecified atom stereocenters. The highest BCUT2D eigenvalue weighted by molar-refractivity contribution is 5.78. The van der Waals surface area contributed by atoms with Crippen LogP contribution in [0.25, 0.3) is 11.0 Å². The molecule has 23 heavy (non-hydrogen) atoms. The summed E-state index contributed by atoms with van der Waals surface area (Å²) in [7, 11) is 0. The summed E-state index contributed by atoms with van der Waals surface area (Å²) in [5, 5.41) is 0. The summed E-state index contributed by atoms with van der Waals surface area (Å²) < 4.78 is 2.24. The molecule has 0 saturated carbocycles. The van der Waals surface area contributed by atoms with Crippen LogP contribution in [0.2, 0.25) is 0 Å². The van der Waals surface area contributed by atoms with Crippen molar-refractivity contribution < 1.29 is 4.79 Å². The van der Waals surface area contributed by atoms with Gasteiger partial charge in [0.1, 0.15) is 6.54 Å². The minimum Gasteiger partial charge on any atom is -0.368 e. The van der Waals surface area contributed by atoms with Gasteiger partial charge >= 0.3 is 5.69 Å². The lowest BCUT2D eigenvalue weighted by atomic mass is 10.2. The van der Waals surface area contributed by atoms with Crippen LogP contribution in [0.3, 0.4) is 0 Å². The smallest absolute Gasteiger partial charge is 0.332 e. The van der Waals surface area contributed by atoms with Crippen molar-refractivity contribution in [3.8, 4) is 0 Å². The highest BCUT2D eigenvalue weighted by atomic mass is 16.2. The van der Waals surface area contributed by atoms with Gasteiger partial charge in [0.2, 0.25) is 5.91 Å². The molecule has 1 amide bonds. The van der Waals surface area contributed by atoms with Crippen molar-refractivity contribution in [1.82, 2.24) is 14.1 Å². The van der Waals surface area contributed by atoms with Crippen molar-refractivity contribution in [2.24, 2.45) is 5.73 Å². The average molecular weight is 310 g/mol. The molecule has 3 rings (SSSR count). The molecule has 0 spiro atoms. The normalized spacial score (nSPS) is 10.8. The second-order valence-electron chi connectivity index (χ2n) is 5.08. The summed E-state index contributed by atoms with van der Waals surface area (Å²) in [6, 6.07) is 12.3. The molecule has 0 saturated heterocycles. The molecular formula is C16H14N4O3. The molecule has 2 aromatic heterocycles. The predicted molar refractivity (Wildman–Crippen MR) is 85.0 cm³/mol. The van der Waals surface area contributed by atoms with Crippen LogP contribution in [0.5, 0.6) is 0 Å². The Morgan fingerprint density at radius 1 is 1.04 bits per heavy atom. The lowest BCUT2D eigenvalue weighted by Crippen LogP contribution is -2.42. The number of aromatic nitrogens is 3. The topological polar surface area (TPSA) is 100.0 Å². The first-order valence-electron chi connectivity index (χ1n) is 6.98. The lowest BCUT2D eigenvalue weighted by molar-refractivity contribution is -0.118. The zero-order valence-corrected chi connectivity index (χ0v) is 12.2. The molecule has 7 heteroatoms. The van der Waals surface area contributed by atoms with Crippen LogP contribution in [-0.4, -0.2) is 20.0 Å². The number of carbonyl (C=O) groups is 1. The molecule has 0 bridgehead atoms. The number of benzene rings is 1. The van der Waals surface area contributed by atoms with Gasteiger partial charge in [-0.3, -0.25) is 18.7 Å². The van der Waals surface area contributed by atoms with Crippen LogP contribution < -0.4 is 17.0 Å². The fraction of sp³-hybridized carbons (Fsp3) is 0.125. The van der Waals surface area contributed by atoms with Gasteiger partial charge in [0.15, 0.2) is 5.52 Å². The molecule has 0 fully saturated rings. The van der Waals surface area contributed by atoms with E-state index in [9.17, 15) is 14.4 Å².